The topological polar surface area (TPSA) is 46.5 Å². The van der Waals surface area contributed by atoms with Gasteiger partial charge in [-0.05, 0) is 32.8 Å². The van der Waals surface area contributed by atoms with E-state index in [1.54, 1.807) is 0 Å². The Balaban J connectivity index is 3.77. The number of aliphatic hydroxyl groups is 1. The Bertz CT molecular complexity index is 254. The summed E-state index contributed by atoms with van der Waals surface area (Å²) in [5, 5.41) is 9.48. The minimum Gasteiger partial charge on any atom is -0.462 e. The molecule has 0 fully saturated rings. The SMILES string of the molecule is C=C(C)C(O)CCC(C)=CCOC(C)=O. The summed E-state index contributed by atoms with van der Waals surface area (Å²) in [5.41, 5.74) is 1.89. The maximum Gasteiger partial charge on any atom is 0.302 e. The van der Waals surface area contributed by atoms with Crippen molar-refractivity contribution in [3.63, 3.8) is 0 Å². The Morgan fingerprint density at radius 1 is 1.47 bits per heavy atom. The molecule has 1 unspecified atom stereocenters. The summed E-state index contributed by atoms with van der Waals surface area (Å²) in [6, 6.07) is 0. The highest BCUT2D eigenvalue weighted by molar-refractivity contribution is 5.66. The third-order valence-electron chi connectivity index (χ3n) is 2.10. The standard InChI is InChI=1S/C12H20O3/c1-9(2)12(14)6-5-10(3)7-8-15-11(4)13/h7,12,14H,1,5-6,8H2,2-4H3. The fraction of sp³-hybridized carbons (Fsp3) is 0.583. The molecule has 0 aliphatic heterocycles. The van der Waals surface area contributed by atoms with Crippen molar-refractivity contribution in [3.8, 4) is 0 Å². The van der Waals surface area contributed by atoms with Crippen molar-refractivity contribution in [1.29, 1.82) is 0 Å². The van der Waals surface area contributed by atoms with Crippen LogP contribution in [0.25, 0.3) is 0 Å². The average molecular weight is 212 g/mol. The second-order valence-electron chi connectivity index (χ2n) is 3.75. The zero-order valence-electron chi connectivity index (χ0n) is 9.75. The lowest BCUT2D eigenvalue weighted by atomic mass is 10.0. The summed E-state index contributed by atoms with van der Waals surface area (Å²) < 4.78 is 4.77. The number of ether oxygens (including phenoxy) is 1. The average Bonchev–Trinajstić information content (AvgIpc) is 2.13. The van der Waals surface area contributed by atoms with E-state index in [1.165, 1.54) is 6.92 Å². The molecule has 0 amide bonds. The van der Waals surface area contributed by atoms with Gasteiger partial charge in [0.05, 0.1) is 6.10 Å². The number of hydrogen-bond donors (Lipinski definition) is 1. The first-order chi connectivity index (χ1) is 6.93. The van der Waals surface area contributed by atoms with Crippen molar-refractivity contribution in [2.75, 3.05) is 6.61 Å². The Labute approximate surface area is 91.4 Å². The molecule has 0 saturated heterocycles. The first-order valence-electron chi connectivity index (χ1n) is 5.06. The van der Waals surface area contributed by atoms with Crippen LogP contribution >= 0.6 is 0 Å². The van der Waals surface area contributed by atoms with E-state index < -0.39 is 6.10 Å². The Morgan fingerprint density at radius 2 is 2.07 bits per heavy atom. The minimum atomic E-state index is -0.443. The van der Waals surface area contributed by atoms with Gasteiger partial charge < -0.3 is 9.84 Å². The van der Waals surface area contributed by atoms with E-state index in [0.29, 0.717) is 13.0 Å². The molecule has 0 aromatic carbocycles. The van der Waals surface area contributed by atoms with E-state index in [0.717, 1.165) is 17.6 Å². The normalized spacial score (nSPS) is 13.5. The number of rotatable bonds is 6. The van der Waals surface area contributed by atoms with E-state index in [1.807, 2.05) is 19.9 Å². The van der Waals surface area contributed by atoms with E-state index in [9.17, 15) is 9.90 Å². The second-order valence-corrected chi connectivity index (χ2v) is 3.75. The van der Waals surface area contributed by atoms with E-state index >= 15 is 0 Å². The van der Waals surface area contributed by atoms with Crippen LogP contribution in [0.1, 0.15) is 33.6 Å². The third kappa shape index (κ3) is 7.94. The summed E-state index contributed by atoms with van der Waals surface area (Å²) in [7, 11) is 0. The quantitative estimate of drug-likeness (QED) is 0.542. The number of esters is 1. The van der Waals surface area contributed by atoms with E-state index in [-0.39, 0.29) is 5.97 Å². The molecule has 0 heterocycles. The summed E-state index contributed by atoms with van der Waals surface area (Å²) in [4.78, 5) is 10.5. The number of allylic oxidation sites excluding steroid dienone is 1. The van der Waals surface area contributed by atoms with Gasteiger partial charge in [-0.1, -0.05) is 17.7 Å². The molecule has 1 N–H and O–H groups in total. The molecular formula is C12H20O3. The lowest BCUT2D eigenvalue weighted by molar-refractivity contribution is -0.139. The van der Waals surface area contributed by atoms with Gasteiger partial charge in [-0.15, -0.1) is 0 Å². The summed E-state index contributed by atoms with van der Waals surface area (Å²) in [6.45, 7) is 9.13. The monoisotopic (exact) mass is 212 g/mol. The third-order valence-corrected chi connectivity index (χ3v) is 2.10. The van der Waals surface area contributed by atoms with Crippen molar-refractivity contribution < 1.29 is 14.6 Å². The highest BCUT2D eigenvalue weighted by atomic mass is 16.5. The van der Waals surface area contributed by atoms with Crippen LogP contribution in [0.15, 0.2) is 23.8 Å². The molecule has 0 radical (unpaired) electrons. The van der Waals surface area contributed by atoms with Crippen molar-refractivity contribution >= 4 is 5.97 Å². The molecule has 0 aliphatic carbocycles. The molecule has 0 saturated carbocycles. The summed E-state index contributed by atoms with van der Waals surface area (Å²) >= 11 is 0. The lowest BCUT2D eigenvalue weighted by Gasteiger charge is -2.09. The maximum absolute atomic E-state index is 10.5. The highest BCUT2D eigenvalue weighted by Crippen LogP contribution is 2.11. The molecule has 0 rings (SSSR count). The molecule has 3 heteroatoms. The number of carbonyl (C=O) groups is 1. The van der Waals surface area contributed by atoms with Crippen LogP contribution in [0, 0.1) is 0 Å². The Morgan fingerprint density at radius 3 is 2.53 bits per heavy atom. The molecule has 1 atom stereocenters. The van der Waals surface area contributed by atoms with Gasteiger partial charge >= 0.3 is 5.97 Å². The van der Waals surface area contributed by atoms with Gasteiger partial charge in [0, 0.05) is 6.92 Å². The van der Waals surface area contributed by atoms with Crippen LogP contribution in [0.5, 0.6) is 0 Å². The summed E-state index contributed by atoms with van der Waals surface area (Å²) in [6.07, 6.45) is 2.86. The largest absolute Gasteiger partial charge is 0.462 e. The maximum atomic E-state index is 10.5. The molecule has 0 aliphatic rings. The van der Waals surface area contributed by atoms with Crippen LogP contribution in [0.2, 0.25) is 0 Å². The molecule has 0 spiro atoms. The number of carbonyl (C=O) groups excluding carboxylic acids is 1. The van der Waals surface area contributed by atoms with Gasteiger partial charge in [-0.3, -0.25) is 4.79 Å². The Kier molecular flexibility index (Phi) is 6.71. The van der Waals surface area contributed by atoms with Crippen molar-refractivity contribution in [2.24, 2.45) is 0 Å². The van der Waals surface area contributed by atoms with Gasteiger partial charge in [-0.25, -0.2) is 0 Å². The second kappa shape index (κ2) is 7.23. The zero-order valence-corrected chi connectivity index (χ0v) is 9.75. The fourth-order valence-electron chi connectivity index (χ4n) is 1.01. The lowest BCUT2D eigenvalue weighted by Crippen LogP contribution is -2.07. The van der Waals surface area contributed by atoms with E-state index in [4.69, 9.17) is 4.74 Å². The fourth-order valence-corrected chi connectivity index (χ4v) is 1.01. The first-order valence-corrected chi connectivity index (χ1v) is 5.06. The van der Waals surface area contributed by atoms with Crippen LogP contribution in [-0.4, -0.2) is 23.8 Å². The minimum absolute atomic E-state index is 0.277. The molecule has 86 valence electrons. The first kappa shape index (κ1) is 13.9. The predicted octanol–water partition coefficient (Wildman–Crippen LogP) is 2.21. The number of hydrogen-bond acceptors (Lipinski definition) is 3. The van der Waals surface area contributed by atoms with Crippen LogP contribution in [-0.2, 0) is 9.53 Å². The van der Waals surface area contributed by atoms with Gasteiger partial charge in [0.15, 0.2) is 0 Å². The molecule has 0 aromatic rings. The molecular weight excluding hydrogens is 192 g/mol. The highest BCUT2D eigenvalue weighted by Gasteiger charge is 2.04. The van der Waals surface area contributed by atoms with Gasteiger partial charge in [0.1, 0.15) is 6.61 Å². The van der Waals surface area contributed by atoms with Crippen molar-refractivity contribution in [1.82, 2.24) is 0 Å². The van der Waals surface area contributed by atoms with Gasteiger partial charge in [-0.2, -0.15) is 0 Å². The zero-order chi connectivity index (χ0) is 11.8. The Hall–Kier alpha value is -1.09. The smallest absolute Gasteiger partial charge is 0.302 e. The molecule has 0 bridgehead atoms. The van der Waals surface area contributed by atoms with Crippen LogP contribution < -0.4 is 0 Å². The van der Waals surface area contributed by atoms with Gasteiger partial charge in [0.25, 0.3) is 0 Å². The van der Waals surface area contributed by atoms with Gasteiger partial charge in [0.2, 0.25) is 0 Å². The van der Waals surface area contributed by atoms with Crippen molar-refractivity contribution in [3.05, 3.63) is 23.8 Å². The van der Waals surface area contributed by atoms with E-state index in [2.05, 4.69) is 6.58 Å². The summed E-state index contributed by atoms with van der Waals surface area (Å²) in [5.74, 6) is -0.277. The van der Waals surface area contributed by atoms with Crippen LogP contribution in [0.4, 0.5) is 0 Å². The number of aliphatic hydroxyl groups excluding tert-OH is 1. The molecule has 15 heavy (non-hydrogen) atoms. The molecule has 0 aromatic heterocycles. The predicted molar refractivity (Wildman–Crippen MR) is 60.4 cm³/mol. The van der Waals surface area contributed by atoms with Crippen LogP contribution in [0.3, 0.4) is 0 Å². The van der Waals surface area contributed by atoms with Crippen molar-refractivity contribution in [2.45, 2.75) is 39.7 Å². The molecule has 3 nitrogen and oxygen atoms in total.